The van der Waals surface area contributed by atoms with Gasteiger partial charge in [0.1, 0.15) is 0 Å². The van der Waals surface area contributed by atoms with E-state index >= 15 is 0 Å². The Morgan fingerprint density at radius 2 is 2.00 bits per heavy atom. The summed E-state index contributed by atoms with van der Waals surface area (Å²) in [7, 11) is 0. The highest BCUT2D eigenvalue weighted by molar-refractivity contribution is 7.09. The Morgan fingerprint density at radius 3 is 2.60 bits per heavy atom. The van der Waals surface area contributed by atoms with E-state index in [1.54, 1.807) is 11.3 Å². The van der Waals surface area contributed by atoms with Crippen molar-refractivity contribution >= 4 is 11.3 Å². The number of aromatic nitrogens is 1. The molecule has 20 heavy (non-hydrogen) atoms. The molecule has 0 saturated carbocycles. The van der Waals surface area contributed by atoms with Gasteiger partial charge in [0.15, 0.2) is 0 Å². The van der Waals surface area contributed by atoms with Gasteiger partial charge in [-0.2, -0.15) is 0 Å². The van der Waals surface area contributed by atoms with Gasteiger partial charge in [0.25, 0.3) is 0 Å². The SMILES string of the molecule is Cc1ccccc1C(CNC(C)(C)C)Cc1cncs1. The molecular weight excluding hydrogens is 264 g/mol. The van der Waals surface area contributed by atoms with E-state index in [1.807, 2.05) is 11.7 Å². The third-order valence-corrected chi connectivity index (χ3v) is 4.24. The van der Waals surface area contributed by atoms with Gasteiger partial charge in [0.2, 0.25) is 0 Å². The third kappa shape index (κ3) is 4.43. The molecule has 0 spiro atoms. The van der Waals surface area contributed by atoms with Gasteiger partial charge in [-0.15, -0.1) is 11.3 Å². The van der Waals surface area contributed by atoms with E-state index in [-0.39, 0.29) is 5.54 Å². The van der Waals surface area contributed by atoms with Crippen LogP contribution in [0.25, 0.3) is 0 Å². The summed E-state index contributed by atoms with van der Waals surface area (Å²) in [6, 6.07) is 8.70. The lowest BCUT2D eigenvalue weighted by Gasteiger charge is -2.26. The molecule has 1 aromatic carbocycles. The number of nitrogens with one attached hydrogen (secondary N) is 1. The van der Waals surface area contributed by atoms with E-state index in [9.17, 15) is 0 Å². The summed E-state index contributed by atoms with van der Waals surface area (Å²) in [5.41, 5.74) is 4.88. The Bertz CT molecular complexity index is 526. The molecule has 1 N–H and O–H groups in total. The van der Waals surface area contributed by atoms with Crippen molar-refractivity contribution in [1.82, 2.24) is 10.3 Å². The van der Waals surface area contributed by atoms with Crippen LogP contribution in [0.5, 0.6) is 0 Å². The first kappa shape index (κ1) is 15.2. The number of hydrogen-bond acceptors (Lipinski definition) is 3. The Labute approximate surface area is 126 Å². The van der Waals surface area contributed by atoms with Gasteiger partial charge in [-0.05, 0) is 45.2 Å². The fraction of sp³-hybridized carbons (Fsp3) is 0.471. The fourth-order valence-corrected chi connectivity index (χ4v) is 3.03. The summed E-state index contributed by atoms with van der Waals surface area (Å²) >= 11 is 1.75. The first-order valence-electron chi connectivity index (χ1n) is 7.13. The quantitative estimate of drug-likeness (QED) is 0.893. The van der Waals surface area contributed by atoms with E-state index in [2.05, 4.69) is 62.3 Å². The fourth-order valence-electron chi connectivity index (χ4n) is 2.35. The van der Waals surface area contributed by atoms with Crippen molar-refractivity contribution in [1.29, 1.82) is 0 Å². The van der Waals surface area contributed by atoms with Crippen LogP contribution >= 0.6 is 11.3 Å². The molecule has 0 aliphatic carbocycles. The highest BCUT2D eigenvalue weighted by Crippen LogP contribution is 2.25. The highest BCUT2D eigenvalue weighted by atomic mass is 32.1. The molecule has 1 unspecified atom stereocenters. The molecule has 0 aliphatic rings. The molecule has 0 amide bonds. The standard InChI is InChI=1S/C17H24N2S/c1-13-7-5-6-8-16(13)14(10-19-17(2,3)4)9-15-11-18-12-20-15/h5-8,11-12,14,19H,9-10H2,1-4H3. The molecular formula is C17H24N2S. The zero-order valence-corrected chi connectivity index (χ0v) is 13.6. The molecule has 0 saturated heterocycles. The van der Waals surface area contributed by atoms with Crippen molar-refractivity contribution in [2.24, 2.45) is 0 Å². The summed E-state index contributed by atoms with van der Waals surface area (Å²) in [4.78, 5) is 5.55. The number of thiazole rings is 1. The largest absolute Gasteiger partial charge is 0.311 e. The van der Waals surface area contributed by atoms with Crippen LogP contribution in [0, 0.1) is 6.92 Å². The van der Waals surface area contributed by atoms with Crippen LogP contribution in [-0.4, -0.2) is 17.1 Å². The number of aryl methyl sites for hydroxylation is 1. The van der Waals surface area contributed by atoms with Gasteiger partial charge < -0.3 is 5.32 Å². The Kier molecular flexibility index (Phi) is 4.95. The molecule has 1 atom stereocenters. The van der Waals surface area contributed by atoms with Gasteiger partial charge >= 0.3 is 0 Å². The minimum absolute atomic E-state index is 0.147. The minimum atomic E-state index is 0.147. The van der Waals surface area contributed by atoms with Crippen LogP contribution in [0.1, 0.15) is 42.7 Å². The van der Waals surface area contributed by atoms with Gasteiger partial charge in [0, 0.05) is 29.1 Å². The second-order valence-electron chi connectivity index (χ2n) is 6.36. The zero-order valence-electron chi connectivity index (χ0n) is 12.8. The normalized spacial score (nSPS) is 13.4. The maximum atomic E-state index is 4.20. The minimum Gasteiger partial charge on any atom is -0.311 e. The lowest BCUT2D eigenvalue weighted by Crippen LogP contribution is -2.39. The molecule has 2 aromatic rings. The van der Waals surface area contributed by atoms with E-state index in [4.69, 9.17) is 0 Å². The molecule has 2 nitrogen and oxygen atoms in total. The average molecular weight is 288 g/mol. The van der Waals surface area contributed by atoms with E-state index in [0.29, 0.717) is 5.92 Å². The molecule has 1 heterocycles. The third-order valence-electron chi connectivity index (χ3n) is 3.44. The lowest BCUT2D eigenvalue weighted by molar-refractivity contribution is 0.405. The summed E-state index contributed by atoms with van der Waals surface area (Å²) in [5, 5.41) is 3.64. The van der Waals surface area contributed by atoms with Gasteiger partial charge in [-0.1, -0.05) is 24.3 Å². The second kappa shape index (κ2) is 6.51. The second-order valence-corrected chi connectivity index (χ2v) is 7.33. The van der Waals surface area contributed by atoms with Crippen molar-refractivity contribution in [2.45, 2.75) is 45.6 Å². The first-order valence-corrected chi connectivity index (χ1v) is 8.01. The van der Waals surface area contributed by atoms with Crippen LogP contribution in [0.2, 0.25) is 0 Å². The van der Waals surface area contributed by atoms with E-state index in [1.165, 1.54) is 16.0 Å². The maximum absolute atomic E-state index is 4.20. The number of hydrogen-bond donors (Lipinski definition) is 1. The smallest absolute Gasteiger partial charge is 0.0794 e. The van der Waals surface area contributed by atoms with Crippen molar-refractivity contribution in [3.05, 3.63) is 52.0 Å². The summed E-state index contributed by atoms with van der Waals surface area (Å²) < 4.78 is 0. The van der Waals surface area contributed by atoms with Gasteiger partial charge in [0.05, 0.1) is 5.51 Å². The molecule has 0 bridgehead atoms. The predicted octanol–water partition coefficient (Wildman–Crippen LogP) is 4.17. The molecule has 3 heteroatoms. The van der Waals surface area contributed by atoms with Crippen LogP contribution in [0.4, 0.5) is 0 Å². The number of rotatable bonds is 5. The Morgan fingerprint density at radius 1 is 1.25 bits per heavy atom. The topological polar surface area (TPSA) is 24.9 Å². The monoisotopic (exact) mass is 288 g/mol. The van der Waals surface area contributed by atoms with E-state index < -0.39 is 0 Å². The maximum Gasteiger partial charge on any atom is 0.0794 e. The molecule has 0 aliphatic heterocycles. The average Bonchev–Trinajstić information content (AvgIpc) is 2.87. The van der Waals surface area contributed by atoms with Crippen molar-refractivity contribution < 1.29 is 0 Å². The van der Waals surface area contributed by atoms with E-state index in [0.717, 1.165) is 13.0 Å². The van der Waals surface area contributed by atoms with Crippen molar-refractivity contribution in [3.8, 4) is 0 Å². The van der Waals surface area contributed by atoms with Crippen LogP contribution in [0.15, 0.2) is 36.0 Å². The first-order chi connectivity index (χ1) is 9.46. The molecule has 108 valence electrons. The molecule has 0 radical (unpaired) electrons. The predicted molar refractivity (Wildman–Crippen MR) is 87.5 cm³/mol. The van der Waals surface area contributed by atoms with Crippen LogP contribution in [0.3, 0.4) is 0 Å². The van der Waals surface area contributed by atoms with Crippen molar-refractivity contribution in [3.63, 3.8) is 0 Å². The molecule has 1 aromatic heterocycles. The summed E-state index contributed by atoms with van der Waals surface area (Å²) in [5.74, 6) is 0.496. The zero-order chi connectivity index (χ0) is 14.6. The molecule has 0 fully saturated rings. The van der Waals surface area contributed by atoms with Gasteiger partial charge in [-0.25, -0.2) is 0 Å². The van der Waals surface area contributed by atoms with Gasteiger partial charge in [-0.3, -0.25) is 4.98 Å². The number of nitrogens with zero attached hydrogens (tertiary/aromatic N) is 1. The number of benzene rings is 1. The summed E-state index contributed by atoms with van der Waals surface area (Å²) in [6.45, 7) is 9.84. The molecule has 2 rings (SSSR count). The van der Waals surface area contributed by atoms with Crippen molar-refractivity contribution in [2.75, 3.05) is 6.54 Å². The van der Waals surface area contributed by atoms with Crippen LogP contribution in [-0.2, 0) is 6.42 Å². The lowest BCUT2D eigenvalue weighted by atomic mass is 9.90. The van der Waals surface area contributed by atoms with Crippen LogP contribution < -0.4 is 5.32 Å². The highest BCUT2D eigenvalue weighted by Gasteiger charge is 2.18. The Balaban J connectivity index is 2.17. The summed E-state index contributed by atoms with van der Waals surface area (Å²) in [6.07, 6.45) is 3.05. The Hall–Kier alpha value is -1.19.